The summed E-state index contributed by atoms with van der Waals surface area (Å²) in [6, 6.07) is 0.378. The van der Waals surface area contributed by atoms with Crippen molar-refractivity contribution in [3.8, 4) is 0 Å². The highest BCUT2D eigenvalue weighted by Crippen LogP contribution is 2.17. The number of carbonyl (C=O) groups is 1. The van der Waals surface area contributed by atoms with Crippen LogP contribution in [0.25, 0.3) is 0 Å². The fourth-order valence-electron chi connectivity index (χ4n) is 3.06. The average molecular weight is 276 g/mol. The van der Waals surface area contributed by atoms with Crippen LogP contribution >= 0.6 is 12.4 Å². The number of nitrogens with one attached hydrogen (secondary N) is 2. The lowest BCUT2D eigenvalue weighted by Crippen LogP contribution is -2.49. The minimum absolute atomic E-state index is 0. The van der Waals surface area contributed by atoms with Crippen molar-refractivity contribution in [3.05, 3.63) is 0 Å². The van der Waals surface area contributed by atoms with Gasteiger partial charge in [0.05, 0.1) is 0 Å². The number of carbonyl (C=O) groups excluding carboxylic acids is 1. The number of halogens is 1. The fraction of sp³-hybridized carbons (Fsp3) is 0.923. The second-order valence-corrected chi connectivity index (χ2v) is 5.49. The van der Waals surface area contributed by atoms with Gasteiger partial charge < -0.3 is 15.5 Å². The molecule has 106 valence electrons. The first-order chi connectivity index (χ1) is 8.24. The first kappa shape index (κ1) is 15.7. The predicted molar refractivity (Wildman–Crippen MR) is 76.1 cm³/mol. The van der Waals surface area contributed by atoms with Crippen LogP contribution in [0.15, 0.2) is 0 Å². The molecule has 1 atom stereocenters. The van der Waals surface area contributed by atoms with Gasteiger partial charge in [0.2, 0.25) is 5.91 Å². The average Bonchev–Trinajstić information content (AvgIpc) is 2.30. The molecule has 2 heterocycles. The Morgan fingerprint density at radius 2 is 2.06 bits per heavy atom. The first-order valence-electron chi connectivity index (χ1n) is 6.94. The third-order valence-electron chi connectivity index (χ3n) is 3.89. The topological polar surface area (TPSA) is 44.4 Å². The molecule has 1 amide bonds. The van der Waals surface area contributed by atoms with E-state index in [1.165, 1.54) is 45.4 Å². The number of likely N-dealkylation sites (tertiary alicyclic amines) is 1. The molecule has 0 saturated carbocycles. The number of amides is 1. The van der Waals surface area contributed by atoms with Crippen molar-refractivity contribution in [1.29, 1.82) is 0 Å². The molecule has 0 spiro atoms. The van der Waals surface area contributed by atoms with Crippen LogP contribution < -0.4 is 10.6 Å². The lowest BCUT2D eigenvalue weighted by Gasteiger charge is -2.36. The van der Waals surface area contributed by atoms with Gasteiger partial charge in [-0.25, -0.2) is 0 Å². The first-order valence-corrected chi connectivity index (χ1v) is 6.94. The standard InChI is InChI=1S/C13H25N3O.ClH/c1-11(17)15-13-3-2-8-16(10-13)9-12-4-6-14-7-5-12;/h12-14H,2-10H2,1H3,(H,15,17);1H. The van der Waals surface area contributed by atoms with Crippen LogP contribution in [0.4, 0.5) is 0 Å². The maximum Gasteiger partial charge on any atom is 0.217 e. The zero-order valence-corrected chi connectivity index (χ0v) is 12.1. The molecule has 2 rings (SSSR count). The van der Waals surface area contributed by atoms with Gasteiger partial charge in [0, 0.05) is 26.1 Å². The number of rotatable bonds is 3. The third-order valence-corrected chi connectivity index (χ3v) is 3.89. The van der Waals surface area contributed by atoms with E-state index in [-0.39, 0.29) is 18.3 Å². The Balaban J connectivity index is 0.00000162. The molecule has 2 aliphatic heterocycles. The van der Waals surface area contributed by atoms with Gasteiger partial charge >= 0.3 is 0 Å². The highest BCUT2D eigenvalue weighted by Gasteiger charge is 2.23. The zero-order chi connectivity index (χ0) is 12.1. The molecule has 0 aromatic rings. The molecule has 2 N–H and O–H groups in total. The molecular weight excluding hydrogens is 250 g/mol. The number of piperidine rings is 2. The summed E-state index contributed by atoms with van der Waals surface area (Å²) in [5.41, 5.74) is 0. The number of hydrogen-bond acceptors (Lipinski definition) is 3. The second-order valence-electron chi connectivity index (χ2n) is 5.49. The van der Waals surface area contributed by atoms with Gasteiger partial charge in [-0.3, -0.25) is 4.79 Å². The smallest absolute Gasteiger partial charge is 0.217 e. The van der Waals surface area contributed by atoms with Crippen molar-refractivity contribution in [2.45, 2.75) is 38.6 Å². The van der Waals surface area contributed by atoms with Gasteiger partial charge in [0.25, 0.3) is 0 Å². The van der Waals surface area contributed by atoms with Crippen LogP contribution in [0.3, 0.4) is 0 Å². The van der Waals surface area contributed by atoms with E-state index in [1.807, 2.05) is 0 Å². The van der Waals surface area contributed by atoms with Gasteiger partial charge in [-0.1, -0.05) is 0 Å². The molecular formula is C13H26ClN3O. The van der Waals surface area contributed by atoms with E-state index < -0.39 is 0 Å². The van der Waals surface area contributed by atoms with E-state index in [4.69, 9.17) is 0 Å². The van der Waals surface area contributed by atoms with Crippen molar-refractivity contribution in [2.75, 3.05) is 32.7 Å². The Bertz CT molecular complexity index is 257. The Morgan fingerprint density at radius 1 is 1.33 bits per heavy atom. The highest BCUT2D eigenvalue weighted by molar-refractivity contribution is 5.85. The summed E-state index contributed by atoms with van der Waals surface area (Å²) in [4.78, 5) is 13.6. The normalized spacial score (nSPS) is 26.4. The summed E-state index contributed by atoms with van der Waals surface area (Å²) in [5, 5.41) is 6.47. The Morgan fingerprint density at radius 3 is 2.72 bits per heavy atom. The van der Waals surface area contributed by atoms with E-state index in [9.17, 15) is 4.79 Å². The maximum absolute atomic E-state index is 11.1. The Labute approximate surface area is 116 Å². The molecule has 0 bridgehead atoms. The molecule has 1 unspecified atom stereocenters. The lowest BCUT2D eigenvalue weighted by atomic mass is 9.96. The summed E-state index contributed by atoms with van der Waals surface area (Å²) >= 11 is 0. The fourth-order valence-corrected chi connectivity index (χ4v) is 3.06. The maximum atomic E-state index is 11.1. The number of nitrogens with zero attached hydrogens (tertiary/aromatic N) is 1. The summed E-state index contributed by atoms with van der Waals surface area (Å²) < 4.78 is 0. The molecule has 2 saturated heterocycles. The molecule has 18 heavy (non-hydrogen) atoms. The molecule has 0 aromatic carbocycles. The van der Waals surface area contributed by atoms with E-state index >= 15 is 0 Å². The molecule has 4 nitrogen and oxygen atoms in total. The third kappa shape index (κ3) is 5.12. The van der Waals surface area contributed by atoms with E-state index in [2.05, 4.69) is 15.5 Å². The quantitative estimate of drug-likeness (QED) is 0.808. The molecule has 2 aliphatic rings. The molecule has 2 fully saturated rings. The van der Waals surface area contributed by atoms with Gasteiger partial charge in [-0.2, -0.15) is 0 Å². The summed E-state index contributed by atoms with van der Waals surface area (Å²) in [7, 11) is 0. The van der Waals surface area contributed by atoms with Crippen molar-refractivity contribution in [3.63, 3.8) is 0 Å². The minimum atomic E-state index is 0. The lowest BCUT2D eigenvalue weighted by molar-refractivity contribution is -0.120. The van der Waals surface area contributed by atoms with Crippen LogP contribution in [0, 0.1) is 5.92 Å². The minimum Gasteiger partial charge on any atom is -0.352 e. The number of hydrogen-bond donors (Lipinski definition) is 2. The molecule has 5 heteroatoms. The second kappa shape index (κ2) is 7.97. The van der Waals surface area contributed by atoms with Crippen molar-refractivity contribution >= 4 is 18.3 Å². The summed E-state index contributed by atoms with van der Waals surface area (Å²) in [5.74, 6) is 0.964. The van der Waals surface area contributed by atoms with Crippen molar-refractivity contribution in [1.82, 2.24) is 15.5 Å². The Hall–Kier alpha value is -0.320. The largest absolute Gasteiger partial charge is 0.352 e. The van der Waals surface area contributed by atoms with Gasteiger partial charge in [0.15, 0.2) is 0 Å². The SMILES string of the molecule is CC(=O)NC1CCCN(CC2CCNCC2)C1.Cl. The van der Waals surface area contributed by atoms with Crippen LogP contribution in [0.5, 0.6) is 0 Å². The molecule has 0 aromatic heterocycles. The monoisotopic (exact) mass is 275 g/mol. The van der Waals surface area contributed by atoms with Crippen LogP contribution in [-0.2, 0) is 4.79 Å². The van der Waals surface area contributed by atoms with Gasteiger partial charge in [-0.15, -0.1) is 12.4 Å². The summed E-state index contributed by atoms with van der Waals surface area (Å²) in [6.07, 6.45) is 4.97. The van der Waals surface area contributed by atoms with Crippen LogP contribution in [-0.4, -0.2) is 49.6 Å². The van der Waals surface area contributed by atoms with Crippen LogP contribution in [0.2, 0.25) is 0 Å². The van der Waals surface area contributed by atoms with Gasteiger partial charge in [-0.05, 0) is 51.2 Å². The van der Waals surface area contributed by atoms with E-state index in [1.54, 1.807) is 6.92 Å². The van der Waals surface area contributed by atoms with Crippen LogP contribution in [0.1, 0.15) is 32.6 Å². The Kier molecular flexibility index (Phi) is 6.97. The van der Waals surface area contributed by atoms with Crippen molar-refractivity contribution < 1.29 is 4.79 Å². The summed E-state index contributed by atoms with van der Waals surface area (Å²) in [6.45, 7) is 7.44. The van der Waals surface area contributed by atoms with E-state index in [0.29, 0.717) is 6.04 Å². The molecule has 0 radical (unpaired) electrons. The van der Waals surface area contributed by atoms with E-state index in [0.717, 1.165) is 18.9 Å². The zero-order valence-electron chi connectivity index (χ0n) is 11.3. The van der Waals surface area contributed by atoms with Crippen molar-refractivity contribution in [2.24, 2.45) is 5.92 Å². The predicted octanol–water partition coefficient (Wildman–Crippen LogP) is 1.01. The highest BCUT2D eigenvalue weighted by atomic mass is 35.5. The van der Waals surface area contributed by atoms with Gasteiger partial charge in [0.1, 0.15) is 0 Å². The molecule has 0 aliphatic carbocycles.